The summed E-state index contributed by atoms with van der Waals surface area (Å²) in [5, 5.41) is 0. The Morgan fingerprint density at radius 1 is 1.24 bits per heavy atom. The van der Waals surface area contributed by atoms with Crippen LogP contribution in [0.1, 0.15) is 30.1 Å². The van der Waals surface area contributed by atoms with Crippen molar-refractivity contribution < 1.29 is 13.3 Å². The van der Waals surface area contributed by atoms with Crippen LogP contribution in [0.25, 0.3) is 0 Å². The van der Waals surface area contributed by atoms with Crippen molar-refractivity contribution in [2.24, 2.45) is 0 Å². The van der Waals surface area contributed by atoms with Crippen LogP contribution in [-0.4, -0.2) is 23.0 Å². The van der Waals surface area contributed by atoms with Gasteiger partial charge in [-0.2, -0.15) is 0 Å². The smallest absolute Gasteiger partial charge is 0.377 e. The zero-order valence-corrected chi connectivity index (χ0v) is 11.7. The Labute approximate surface area is 104 Å². The van der Waals surface area contributed by atoms with Crippen molar-refractivity contribution in [2.75, 3.05) is 14.2 Å². The van der Waals surface area contributed by atoms with E-state index in [2.05, 4.69) is 31.2 Å². The third-order valence-corrected chi connectivity index (χ3v) is 6.28. The predicted octanol–water partition coefficient (Wildman–Crippen LogP) is 3.08. The molecule has 1 unspecified atom stereocenters. The average Bonchev–Trinajstić information content (AvgIpc) is 2.39. The van der Waals surface area contributed by atoms with Gasteiger partial charge in [0.15, 0.2) is 0 Å². The zero-order chi connectivity index (χ0) is 12.3. The van der Waals surface area contributed by atoms with Gasteiger partial charge in [0.2, 0.25) is 0 Å². The highest BCUT2D eigenvalue weighted by Gasteiger charge is 2.44. The molecule has 1 saturated heterocycles. The standard InChI is InChI=1S/C13H20O3Si/c1-11-7-4-5-8-12(11)13-9-6-10-17(14-2,15-3)16-13/h4-5,7-8,13H,6,9-10H2,1-3H3. The van der Waals surface area contributed by atoms with Crippen LogP contribution >= 0.6 is 0 Å². The second-order valence-corrected chi connectivity index (χ2v) is 7.36. The first kappa shape index (κ1) is 12.8. The van der Waals surface area contributed by atoms with E-state index in [1.807, 2.05) is 0 Å². The van der Waals surface area contributed by atoms with Crippen LogP contribution in [0, 0.1) is 6.92 Å². The number of aryl methyl sites for hydroxylation is 1. The first-order valence-electron chi connectivity index (χ1n) is 6.04. The van der Waals surface area contributed by atoms with Crippen molar-refractivity contribution in [1.82, 2.24) is 0 Å². The molecule has 94 valence electrons. The third-order valence-electron chi connectivity index (χ3n) is 3.43. The van der Waals surface area contributed by atoms with E-state index in [0.29, 0.717) is 0 Å². The molecule has 0 radical (unpaired) electrons. The third kappa shape index (κ3) is 2.60. The Balaban J connectivity index is 2.20. The molecule has 0 saturated carbocycles. The minimum atomic E-state index is -2.40. The summed E-state index contributed by atoms with van der Waals surface area (Å²) < 4.78 is 17.2. The normalized spacial score (nSPS) is 23.6. The highest BCUT2D eigenvalue weighted by molar-refractivity contribution is 6.60. The van der Waals surface area contributed by atoms with Crippen molar-refractivity contribution in [1.29, 1.82) is 0 Å². The fourth-order valence-electron chi connectivity index (χ4n) is 2.39. The lowest BCUT2D eigenvalue weighted by atomic mass is 10.0. The van der Waals surface area contributed by atoms with E-state index in [1.54, 1.807) is 14.2 Å². The summed E-state index contributed by atoms with van der Waals surface area (Å²) in [5.41, 5.74) is 2.53. The second kappa shape index (κ2) is 5.31. The van der Waals surface area contributed by atoms with Gasteiger partial charge in [-0.3, -0.25) is 0 Å². The largest absolute Gasteiger partial charge is 0.500 e. The molecule has 0 N–H and O–H groups in total. The Morgan fingerprint density at radius 3 is 2.59 bits per heavy atom. The Kier molecular flexibility index (Phi) is 3.99. The maximum Gasteiger partial charge on any atom is 0.500 e. The van der Waals surface area contributed by atoms with Crippen LogP contribution in [0.4, 0.5) is 0 Å². The first-order valence-corrected chi connectivity index (χ1v) is 7.97. The molecule has 1 heterocycles. The molecule has 0 aliphatic carbocycles. The van der Waals surface area contributed by atoms with E-state index in [1.165, 1.54) is 11.1 Å². The summed E-state index contributed by atoms with van der Waals surface area (Å²) in [6.45, 7) is 2.12. The van der Waals surface area contributed by atoms with Crippen LogP contribution < -0.4 is 0 Å². The SMILES string of the molecule is CO[Si]1(OC)CCCC(c2ccccc2C)O1. The van der Waals surface area contributed by atoms with E-state index in [9.17, 15) is 0 Å². The lowest BCUT2D eigenvalue weighted by Crippen LogP contribution is -2.47. The van der Waals surface area contributed by atoms with Gasteiger partial charge >= 0.3 is 8.80 Å². The summed E-state index contributed by atoms with van der Waals surface area (Å²) in [6, 6.07) is 9.29. The van der Waals surface area contributed by atoms with Crippen LogP contribution in [-0.2, 0) is 13.3 Å². The first-order chi connectivity index (χ1) is 8.21. The van der Waals surface area contributed by atoms with Gasteiger partial charge in [-0.15, -0.1) is 0 Å². The molecule has 1 aromatic rings. The fraction of sp³-hybridized carbons (Fsp3) is 0.538. The molecule has 0 aromatic heterocycles. The van der Waals surface area contributed by atoms with Gasteiger partial charge in [0.25, 0.3) is 0 Å². The lowest BCUT2D eigenvalue weighted by molar-refractivity contribution is 0.0326. The quantitative estimate of drug-likeness (QED) is 0.774. The molecule has 0 spiro atoms. The van der Waals surface area contributed by atoms with Gasteiger partial charge in [-0.25, -0.2) is 0 Å². The average molecular weight is 252 g/mol. The maximum absolute atomic E-state index is 6.13. The lowest BCUT2D eigenvalue weighted by Gasteiger charge is -2.36. The molecular weight excluding hydrogens is 232 g/mol. The molecule has 1 fully saturated rings. The Bertz CT molecular complexity index is 377. The summed E-state index contributed by atoms with van der Waals surface area (Å²) >= 11 is 0. The van der Waals surface area contributed by atoms with E-state index in [0.717, 1.165) is 18.9 Å². The van der Waals surface area contributed by atoms with Crippen molar-refractivity contribution >= 4 is 8.80 Å². The number of benzene rings is 1. The number of rotatable bonds is 3. The summed E-state index contributed by atoms with van der Waals surface area (Å²) in [7, 11) is 0.981. The summed E-state index contributed by atoms with van der Waals surface area (Å²) in [6.07, 6.45) is 2.27. The summed E-state index contributed by atoms with van der Waals surface area (Å²) in [4.78, 5) is 0. The minimum Gasteiger partial charge on any atom is -0.377 e. The van der Waals surface area contributed by atoms with Crippen LogP contribution in [0.3, 0.4) is 0 Å². The zero-order valence-electron chi connectivity index (χ0n) is 10.7. The van der Waals surface area contributed by atoms with Crippen LogP contribution in [0.5, 0.6) is 0 Å². The Hall–Kier alpha value is -0.683. The molecule has 1 aliphatic rings. The van der Waals surface area contributed by atoms with E-state index in [4.69, 9.17) is 13.3 Å². The molecule has 0 bridgehead atoms. The van der Waals surface area contributed by atoms with Crippen LogP contribution in [0.2, 0.25) is 6.04 Å². The molecule has 4 heteroatoms. The Morgan fingerprint density at radius 2 is 1.94 bits per heavy atom. The molecule has 3 nitrogen and oxygen atoms in total. The molecule has 0 amide bonds. The molecular formula is C13H20O3Si. The van der Waals surface area contributed by atoms with Crippen molar-refractivity contribution in [3.8, 4) is 0 Å². The van der Waals surface area contributed by atoms with Gasteiger partial charge in [0, 0.05) is 20.3 Å². The summed E-state index contributed by atoms with van der Waals surface area (Å²) in [5.74, 6) is 0. The molecule has 1 aromatic carbocycles. The molecule has 17 heavy (non-hydrogen) atoms. The monoisotopic (exact) mass is 252 g/mol. The van der Waals surface area contributed by atoms with Crippen molar-refractivity contribution in [3.63, 3.8) is 0 Å². The van der Waals surface area contributed by atoms with E-state index < -0.39 is 8.80 Å². The maximum atomic E-state index is 6.13. The van der Waals surface area contributed by atoms with E-state index in [-0.39, 0.29) is 6.10 Å². The number of hydrogen-bond acceptors (Lipinski definition) is 3. The highest BCUT2D eigenvalue weighted by Crippen LogP contribution is 2.36. The number of hydrogen-bond donors (Lipinski definition) is 0. The van der Waals surface area contributed by atoms with Crippen molar-refractivity contribution in [3.05, 3.63) is 35.4 Å². The second-order valence-electron chi connectivity index (χ2n) is 4.45. The van der Waals surface area contributed by atoms with Gasteiger partial charge in [-0.05, 0) is 30.9 Å². The van der Waals surface area contributed by atoms with Crippen LogP contribution in [0.15, 0.2) is 24.3 Å². The molecule has 1 atom stereocenters. The minimum absolute atomic E-state index is 0.122. The topological polar surface area (TPSA) is 27.7 Å². The van der Waals surface area contributed by atoms with Gasteiger partial charge < -0.3 is 13.3 Å². The fourth-order valence-corrected chi connectivity index (χ4v) is 4.59. The van der Waals surface area contributed by atoms with Gasteiger partial charge in [-0.1, -0.05) is 24.3 Å². The molecule has 1 aliphatic heterocycles. The predicted molar refractivity (Wildman–Crippen MR) is 68.8 cm³/mol. The van der Waals surface area contributed by atoms with Gasteiger partial charge in [0.05, 0.1) is 6.10 Å². The van der Waals surface area contributed by atoms with Gasteiger partial charge in [0.1, 0.15) is 0 Å². The van der Waals surface area contributed by atoms with Crippen molar-refractivity contribution in [2.45, 2.75) is 31.9 Å². The van der Waals surface area contributed by atoms with E-state index >= 15 is 0 Å². The highest BCUT2D eigenvalue weighted by atomic mass is 28.4. The molecule has 2 rings (SSSR count).